The van der Waals surface area contributed by atoms with Gasteiger partial charge in [-0.15, -0.1) is 0 Å². The van der Waals surface area contributed by atoms with E-state index in [0.29, 0.717) is 12.0 Å². The Morgan fingerprint density at radius 2 is 2.20 bits per heavy atom. The number of hydrogen-bond donors (Lipinski definition) is 2. The normalized spacial score (nSPS) is 10.8. The number of nitrogens with one attached hydrogen (secondary N) is 1. The summed E-state index contributed by atoms with van der Waals surface area (Å²) in [6.45, 7) is 1.90. The van der Waals surface area contributed by atoms with Crippen LogP contribution in [0.1, 0.15) is 30.3 Å². The van der Waals surface area contributed by atoms with E-state index in [2.05, 4.69) is 9.97 Å². The first-order valence-electron chi connectivity index (χ1n) is 6.26. The first kappa shape index (κ1) is 14.5. The van der Waals surface area contributed by atoms with Gasteiger partial charge in [0.2, 0.25) is 5.88 Å². The predicted octanol–water partition coefficient (Wildman–Crippen LogP) is 2.81. The Balaban J connectivity index is 2.35. The van der Waals surface area contributed by atoms with Crippen LogP contribution in [0.15, 0.2) is 23.0 Å². The van der Waals surface area contributed by atoms with E-state index >= 15 is 0 Å². The average molecular weight is 297 g/mol. The minimum atomic E-state index is -0.547. The second-order valence-corrected chi connectivity index (χ2v) is 4.86. The minimum absolute atomic E-state index is 0.0108. The lowest BCUT2D eigenvalue weighted by atomic mass is 10.1. The number of nitrogens with zero attached hydrogens (tertiary/aromatic N) is 1. The van der Waals surface area contributed by atoms with E-state index in [9.17, 15) is 14.3 Å². The Morgan fingerprint density at radius 3 is 2.85 bits per heavy atom. The Kier molecular flexibility index (Phi) is 4.39. The van der Waals surface area contributed by atoms with Crippen molar-refractivity contribution in [1.29, 1.82) is 0 Å². The quantitative estimate of drug-likeness (QED) is 0.912. The standard InChI is InChI=1S/C14H14ClFN2O2/c1-2-4-9-13(19)17-11(18-14(9)20)7-8-5-3-6-10(15)12(8)16/h3,5-6H,2,4,7H2,1H3,(H2,17,18,19,20). The smallest absolute Gasteiger partial charge is 0.257 e. The molecule has 106 valence electrons. The molecule has 2 N–H and O–H groups in total. The van der Waals surface area contributed by atoms with Gasteiger partial charge in [-0.2, -0.15) is 4.98 Å². The SMILES string of the molecule is CCCc1c(O)nc(Cc2cccc(Cl)c2F)[nH]c1=O. The summed E-state index contributed by atoms with van der Waals surface area (Å²) in [4.78, 5) is 18.3. The lowest BCUT2D eigenvalue weighted by Gasteiger charge is -2.06. The second kappa shape index (κ2) is 6.05. The maximum absolute atomic E-state index is 13.8. The molecule has 0 atom stereocenters. The zero-order chi connectivity index (χ0) is 14.7. The molecule has 0 aliphatic rings. The molecule has 1 heterocycles. The van der Waals surface area contributed by atoms with Gasteiger partial charge in [-0.25, -0.2) is 4.39 Å². The Morgan fingerprint density at radius 1 is 1.45 bits per heavy atom. The van der Waals surface area contributed by atoms with Crippen molar-refractivity contribution in [3.05, 3.63) is 56.3 Å². The lowest BCUT2D eigenvalue weighted by molar-refractivity contribution is 0.439. The fourth-order valence-electron chi connectivity index (χ4n) is 1.96. The molecule has 0 saturated heterocycles. The summed E-state index contributed by atoms with van der Waals surface area (Å²) in [5.74, 6) is -0.643. The Bertz CT molecular complexity index is 685. The monoisotopic (exact) mass is 296 g/mol. The van der Waals surface area contributed by atoms with Gasteiger partial charge in [-0.3, -0.25) is 4.79 Å². The van der Waals surface area contributed by atoms with Crippen molar-refractivity contribution in [3.63, 3.8) is 0 Å². The number of aromatic amines is 1. The first-order valence-corrected chi connectivity index (χ1v) is 6.64. The molecule has 0 amide bonds. The van der Waals surface area contributed by atoms with Gasteiger partial charge in [0.25, 0.3) is 5.56 Å². The van der Waals surface area contributed by atoms with Gasteiger partial charge < -0.3 is 10.1 Å². The molecular formula is C14H14ClFN2O2. The lowest BCUT2D eigenvalue weighted by Crippen LogP contribution is -2.17. The van der Waals surface area contributed by atoms with Crippen molar-refractivity contribution in [3.8, 4) is 5.88 Å². The molecule has 4 nitrogen and oxygen atoms in total. The summed E-state index contributed by atoms with van der Waals surface area (Å²) in [7, 11) is 0. The topological polar surface area (TPSA) is 66.0 Å². The number of aromatic hydroxyl groups is 1. The third-order valence-electron chi connectivity index (χ3n) is 2.93. The fourth-order valence-corrected chi connectivity index (χ4v) is 2.15. The molecule has 2 aromatic rings. The van der Waals surface area contributed by atoms with Gasteiger partial charge in [0.15, 0.2) is 0 Å². The van der Waals surface area contributed by atoms with Crippen molar-refractivity contribution in [1.82, 2.24) is 9.97 Å². The van der Waals surface area contributed by atoms with Gasteiger partial charge in [-0.05, 0) is 18.1 Å². The van der Waals surface area contributed by atoms with Gasteiger partial charge >= 0.3 is 0 Å². The van der Waals surface area contributed by atoms with Crippen LogP contribution in [0, 0.1) is 5.82 Å². The number of hydrogen-bond acceptors (Lipinski definition) is 3. The molecule has 1 aromatic heterocycles. The van der Waals surface area contributed by atoms with E-state index in [-0.39, 0.29) is 28.7 Å². The van der Waals surface area contributed by atoms with Crippen molar-refractivity contribution in [2.75, 3.05) is 0 Å². The molecule has 0 spiro atoms. The zero-order valence-corrected chi connectivity index (χ0v) is 11.7. The number of halogens is 2. The first-order chi connectivity index (χ1) is 9.52. The predicted molar refractivity (Wildman–Crippen MR) is 74.7 cm³/mol. The van der Waals surface area contributed by atoms with Crippen molar-refractivity contribution >= 4 is 11.6 Å². The second-order valence-electron chi connectivity index (χ2n) is 4.45. The Hall–Kier alpha value is -1.88. The third kappa shape index (κ3) is 2.99. The fraction of sp³-hybridized carbons (Fsp3) is 0.286. The molecule has 0 radical (unpaired) electrons. The van der Waals surface area contributed by atoms with Gasteiger partial charge in [-0.1, -0.05) is 37.1 Å². The van der Waals surface area contributed by atoms with E-state index in [1.165, 1.54) is 6.07 Å². The highest BCUT2D eigenvalue weighted by Crippen LogP contribution is 2.20. The molecule has 2 rings (SSSR count). The van der Waals surface area contributed by atoms with Crippen molar-refractivity contribution < 1.29 is 9.50 Å². The van der Waals surface area contributed by atoms with Crippen molar-refractivity contribution in [2.45, 2.75) is 26.2 Å². The molecule has 0 aliphatic carbocycles. The summed E-state index contributed by atoms with van der Waals surface area (Å²) in [5.41, 5.74) is 0.169. The average Bonchev–Trinajstić information content (AvgIpc) is 2.39. The highest BCUT2D eigenvalue weighted by atomic mass is 35.5. The molecule has 6 heteroatoms. The van der Waals surface area contributed by atoms with Crippen molar-refractivity contribution in [2.24, 2.45) is 0 Å². The summed E-state index contributed by atoms with van der Waals surface area (Å²) in [6, 6.07) is 4.61. The highest BCUT2D eigenvalue weighted by Gasteiger charge is 2.12. The molecular weight excluding hydrogens is 283 g/mol. The molecule has 0 saturated carbocycles. The van der Waals surface area contributed by atoms with Crippen LogP contribution in [0.25, 0.3) is 0 Å². The van der Waals surface area contributed by atoms with Crippen LogP contribution in [-0.2, 0) is 12.8 Å². The number of benzene rings is 1. The van der Waals surface area contributed by atoms with Gasteiger partial charge in [0.1, 0.15) is 11.6 Å². The zero-order valence-electron chi connectivity index (χ0n) is 10.9. The minimum Gasteiger partial charge on any atom is -0.493 e. The van der Waals surface area contributed by atoms with Crippen LogP contribution < -0.4 is 5.56 Å². The van der Waals surface area contributed by atoms with Crippen LogP contribution in [0.5, 0.6) is 5.88 Å². The molecule has 0 fully saturated rings. The summed E-state index contributed by atoms with van der Waals surface area (Å²) in [6.07, 6.45) is 1.22. The van der Waals surface area contributed by atoms with Gasteiger partial charge in [0.05, 0.1) is 10.6 Å². The maximum Gasteiger partial charge on any atom is 0.257 e. The summed E-state index contributed by atoms with van der Waals surface area (Å²) < 4.78 is 13.8. The number of aromatic nitrogens is 2. The summed E-state index contributed by atoms with van der Waals surface area (Å²) in [5, 5.41) is 9.77. The maximum atomic E-state index is 13.8. The molecule has 0 unspecified atom stereocenters. The largest absolute Gasteiger partial charge is 0.493 e. The Labute approximate surface area is 120 Å². The summed E-state index contributed by atoms with van der Waals surface area (Å²) >= 11 is 5.69. The van der Waals surface area contributed by atoms with E-state index in [1.807, 2.05) is 6.92 Å². The van der Waals surface area contributed by atoms with Crippen LogP contribution >= 0.6 is 11.6 Å². The third-order valence-corrected chi connectivity index (χ3v) is 3.22. The van der Waals surface area contributed by atoms with Crippen LogP contribution in [0.2, 0.25) is 5.02 Å². The molecule has 0 bridgehead atoms. The van der Waals surface area contributed by atoms with Crippen LogP contribution in [0.3, 0.4) is 0 Å². The van der Waals surface area contributed by atoms with Crippen LogP contribution in [-0.4, -0.2) is 15.1 Å². The van der Waals surface area contributed by atoms with E-state index in [0.717, 1.165) is 6.42 Å². The van der Waals surface area contributed by atoms with Gasteiger partial charge in [0, 0.05) is 6.42 Å². The number of rotatable bonds is 4. The molecule has 20 heavy (non-hydrogen) atoms. The molecule has 1 aromatic carbocycles. The van der Waals surface area contributed by atoms with E-state index < -0.39 is 11.4 Å². The van der Waals surface area contributed by atoms with E-state index in [4.69, 9.17) is 11.6 Å². The molecule has 0 aliphatic heterocycles. The number of H-pyrrole nitrogens is 1. The van der Waals surface area contributed by atoms with E-state index in [1.54, 1.807) is 12.1 Å². The van der Waals surface area contributed by atoms with Crippen LogP contribution in [0.4, 0.5) is 4.39 Å². The highest BCUT2D eigenvalue weighted by molar-refractivity contribution is 6.30.